The lowest BCUT2D eigenvalue weighted by Crippen LogP contribution is -1.98. The van der Waals surface area contributed by atoms with Crippen LogP contribution in [0.2, 0.25) is 0 Å². The first kappa shape index (κ1) is 9.65. The van der Waals surface area contributed by atoms with E-state index in [2.05, 4.69) is 22.1 Å². The third kappa shape index (κ3) is 2.31. The van der Waals surface area contributed by atoms with E-state index in [0.717, 1.165) is 12.1 Å². The van der Waals surface area contributed by atoms with Crippen LogP contribution in [0.4, 0.5) is 0 Å². The number of nitrogens with zero attached hydrogens (tertiary/aromatic N) is 2. The van der Waals surface area contributed by atoms with Crippen LogP contribution in [0.3, 0.4) is 0 Å². The lowest BCUT2D eigenvalue weighted by Gasteiger charge is -2.05. The molecule has 76 valence electrons. The molecule has 0 atom stereocenters. The Kier molecular flexibility index (Phi) is 2.93. The van der Waals surface area contributed by atoms with E-state index in [0.29, 0.717) is 5.88 Å². The Hall–Kier alpha value is -1.90. The highest BCUT2D eigenvalue weighted by Gasteiger charge is 2.05. The van der Waals surface area contributed by atoms with Crippen molar-refractivity contribution < 1.29 is 4.74 Å². The Labute approximate surface area is 88.8 Å². The van der Waals surface area contributed by atoms with Gasteiger partial charge in [-0.25, -0.2) is 4.98 Å². The maximum atomic E-state index is 5.14. The predicted molar refractivity (Wildman–Crippen MR) is 57.8 cm³/mol. The molecular formula is C12H12N2O. The number of ether oxygens (including phenoxy) is 1. The minimum atomic E-state index is 0.598. The highest BCUT2D eigenvalue weighted by molar-refractivity contribution is 5.26. The summed E-state index contributed by atoms with van der Waals surface area (Å²) in [6.07, 6.45) is 4.06. The summed E-state index contributed by atoms with van der Waals surface area (Å²) in [5, 5.41) is 0. The Bertz CT molecular complexity index is 429. The maximum Gasteiger partial charge on any atom is 0.235 e. The molecule has 1 heterocycles. The quantitative estimate of drug-likeness (QED) is 0.760. The smallest absolute Gasteiger partial charge is 0.235 e. The Morgan fingerprint density at radius 1 is 1.07 bits per heavy atom. The molecule has 3 nitrogen and oxygen atoms in total. The zero-order valence-electron chi connectivity index (χ0n) is 8.55. The molecule has 0 fully saturated rings. The van der Waals surface area contributed by atoms with Crippen molar-refractivity contribution in [1.29, 1.82) is 0 Å². The summed E-state index contributed by atoms with van der Waals surface area (Å²) in [6.45, 7) is 0. The molecule has 0 aliphatic heterocycles. The van der Waals surface area contributed by atoms with E-state index in [9.17, 15) is 0 Å². The summed E-state index contributed by atoms with van der Waals surface area (Å²) in [6, 6.07) is 10.1. The first-order valence-electron chi connectivity index (χ1n) is 4.78. The normalized spacial score (nSPS) is 9.93. The van der Waals surface area contributed by atoms with E-state index >= 15 is 0 Å². The average molecular weight is 200 g/mol. The second-order valence-corrected chi connectivity index (χ2v) is 3.17. The minimum absolute atomic E-state index is 0.598. The minimum Gasteiger partial charge on any atom is -0.480 e. The van der Waals surface area contributed by atoms with Crippen molar-refractivity contribution in [2.75, 3.05) is 7.11 Å². The molecule has 0 saturated carbocycles. The van der Waals surface area contributed by atoms with Gasteiger partial charge in [0.1, 0.15) is 5.69 Å². The summed E-state index contributed by atoms with van der Waals surface area (Å²) >= 11 is 0. The van der Waals surface area contributed by atoms with E-state index in [4.69, 9.17) is 4.74 Å². The Balaban J connectivity index is 2.24. The van der Waals surface area contributed by atoms with Crippen LogP contribution >= 0.6 is 0 Å². The van der Waals surface area contributed by atoms with Crippen LogP contribution in [-0.2, 0) is 6.42 Å². The molecule has 0 radical (unpaired) electrons. The summed E-state index contributed by atoms with van der Waals surface area (Å²) < 4.78 is 5.14. The van der Waals surface area contributed by atoms with Gasteiger partial charge in [-0.1, -0.05) is 30.3 Å². The second kappa shape index (κ2) is 4.55. The van der Waals surface area contributed by atoms with E-state index in [1.165, 1.54) is 5.56 Å². The van der Waals surface area contributed by atoms with Gasteiger partial charge in [0.25, 0.3) is 0 Å². The van der Waals surface area contributed by atoms with Gasteiger partial charge in [0.05, 0.1) is 7.11 Å². The fourth-order valence-electron chi connectivity index (χ4n) is 1.44. The van der Waals surface area contributed by atoms with Crippen molar-refractivity contribution in [3.63, 3.8) is 0 Å². The Morgan fingerprint density at radius 2 is 1.80 bits per heavy atom. The topological polar surface area (TPSA) is 35.0 Å². The van der Waals surface area contributed by atoms with Crippen LogP contribution in [0.15, 0.2) is 42.7 Å². The number of rotatable bonds is 3. The fourth-order valence-corrected chi connectivity index (χ4v) is 1.44. The highest BCUT2D eigenvalue weighted by atomic mass is 16.5. The SMILES string of the molecule is COc1nccnc1Cc1ccccc1. The number of hydrogen-bond donors (Lipinski definition) is 0. The summed E-state index contributed by atoms with van der Waals surface area (Å²) in [4.78, 5) is 8.37. The van der Waals surface area contributed by atoms with Gasteiger partial charge in [-0.15, -0.1) is 0 Å². The monoisotopic (exact) mass is 200 g/mol. The van der Waals surface area contributed by atoms with E-state index in [1.54, 1.807) is 19.5 Å². The number of aromatic nitrogens is 2. The predicted octanol–water partition coefficient (Wildman–Crippen LogP) is 2.08. The molecule has 0 saturated heterocycles. The standard InChI is InChI=1S/C12H12N2O/c1-15-12-11(13-7-8-14-12)9-10-5-3-2-4-6-10/h2-8H,9H2,1H3. The fraction of sp³-hybridized carbons (Fsp3) is 0.167. The van der Waals surface area contributed by atoms with Crippen LogP contribution < -0.4 is 4.74 Å². The van der Waals surface area contributed by atoms with Crippen LogP contribution in [0.1, 0.15) is 11.3 Å². The number of methoxy groups -OCH3 is 1. The van der Waals surface area contributed by atoms with E-state index in [1.807, 2.05) is 18.2 Å². The third-order valence-corrected chi connectivity index (χ3v) is 2.14. The average Bonchev–Trinajstić information content (AvgIpc) is 2.31. The van der Waals surface area contributed by atoms with Crippen molar-refractivity contribution in [2.24, 2.45) is 0 Å². The maximum absolute atomic E-state index is 5.14. The summed E-state index contributed by atoms with van der Waals surface area (Å²) in [7, 11) is 1.61. The largest absolute Gasteiger partial charge is 0.480 e. The lowest BCUT2D eigenvalue weighted by atomic mass is 10.1. The van der Waals surface area contributed by atoms with Crippen molar-refractivity contribution >= 4 is 0 Å². The number of benzene rings is 1. The molecule has 0 bridgehead atoms. The Morgan fingerprint density at radius 3 is 2.53 bits per heavy atom. The van der Waals surface area contributed by atoms with Crippen LogP contribution in [-0.4, -0.2) is 17.1 Å². The highest BCUT2D eigenvalue weighted by Crippen LogP contribution is 2.15. The third-order valence-electron chi connectivity index (χ3n) is 2.14. The molecule has 0 aliphatic carbocycles. The van der Waals surface area contributed by atoms with Crippen LogP contribution in [0.25, 0.3) is 0 Å². The van der Waals surface area contributed by atoms with Crippen LogP contribution in [0.5, 0.6) is 5.88 Å². The molecule has 0 amide bonds. The molecule has 1 aromatic carbocycles. The molecule has 3 heteroatoms. The molecule has 2 rings (SSSR count). The summed E-state index contributed by atoms with van der Waals surface area (Å²) in [5.74, 6) is 0.598. The molecule has 0 aliphatic rings. The van der Waals surface area contributed by atoms with Gasteiger partial charge in [0, 0.05) is 18.8 Å². The van der Waals surface area contributed by atoms with Gasteiger partial charge in [0.2, 0.25) is 5.88 Å². The molecule has 0 unspecified atom stereocenters. The van der Waals surface area contributed by atoms with Crippen molar-refractivity contribution in [1.82, 2.24) is 9.97 Å². The molecule has 0 N–H and O–H groups in total. The molecule has 0 spiro atoms. The molecule has 15 heavy (non-hydrogen) atoms. The van der Waals surface area contributed by atoms with Crippen molar-refractivity contribution in [3.05, 3.63) is 54.0 Å². The van der Waals surface area contributed by atoms with Gasteiger partial charge in [-0.2, -0.15) is 0 Å². The van der Waals surface area contributed by atoms with Crippen molar-refractivity contribution in [2.45, 2.75) is 6.42 Å². The van der Waals surface area contributed by atoms with E-state index in [-0.39, 0.29) is 0 Å². The van der Waals surface area contributed by atoms with Crippen molar-refractivity contribution in [3.8, 4) is 5.88 Å². The van der Waals surface area contributed by atoms with Gasteiger partial charge in [-0.05, 0) is 5.56 Å². The molecule has 1 aromatic heterocycles. The van der Waals surface area contributed by atoms with Crippen LogP contribution in [0, 0.1) is 0 Å². The van der Waals surface area contributed by atoms with Gasteiger partial charge in [-0.3, -0.25) is 4.98 Å². The molecule has 2 aromatic rings. The number of hydrogen-bond acceptors (Lipinski definition) is 3. The van der Waals surface area contributed by atoms with E-state index < -0.39 is 0 Å². The zero-order valence-corrected chi connectivity index (χ0v) is 8.55. The van der Waals surface area contributed by atoms with Gasteiger partial charge < -0.3 is 4.74 Å². The lowest BCUT2D eigenvalue weighted by molar-refractivity contribution is 0.390. The first-order valence-corrected chi connectivity index (χ1v) is 4.78. The summed E-state index contributed by atoms with van der Waals surface area (Å²) in [5.41, 5.74) is 2.07. The first-order chi connectivity index (χ1) is 7.40. The molecular weight excluding hydrogens is 188 g/mol. The second-order valence-electron chi connectivity index (χ2n) is 3.17. The van der Waals surface area contributed by atoms with Gasteiger partial charge in [0.15, 0.2) is 0 Å². The zero-order chi connectivity index (χ0) is 10.5. The van der Waals surface area contributed by atoms with Gasteiger partial charge >= 0.3 is 0 Å².